The minimum Gasteiger partial charge on any atom is -0.479 e. The molecule has 0 aliphatic heterocycles. The molecule has 4 heteroatoms. The number of aryl methyl sites for hydroxylation is 2. The highest BCUT2D eigenvalue weighted by atomic mass is 32.1. The van der Waals surface area contributed by atoms with E-state index in [2.05, 4.69) is 11.4 Å². The fourth-order valence-corrected chi connectivity index (χ4v) is 2.85. The molecule has 0 bridgehead atoms. The second kappa shape index (κ2) is 7.84. The van der Waals surface area contributed by atoms with Crippen LogP contribution in [0.25, 0.3) is 0 Å². The molecule has 0 amide bonds. The summed E-state index contributed by atoms with van der Waals surface area (Å²) in [6.45, 7) is 1.99. The van der Waals surface area contributed by atoms with Gasteiger partial charge in [-0.15, -0.1) is 11.3 Å². The predicted molar refractivity (Wildman–Crippen MR) is 85.1 cm³/mol. The van der Waals surface area contributed by atoms with Gasteiger partial charge in [-0.2, -0.15) is 0 Å². The quantitative estimate of drug-likeness (QED) is 0.740. The molecule has 0 fully saturated rings. The molecule has 0 aliphatic carbocycles. The van der Waals surface area contributed by atoms with Crippen LogP contribution >= 0.6 is 11.3 Å². The first-order chi connectivity index (χ1) is 10.1. The molecule has 1 aromatic carbocycles. The van der Waals surface area contributed by atoms with Gasteiger partial charge in [0.05, 0.1) is 0 Å². The van der Waals surface area contributed by atoms with Crippen LogP contribution in [-0.4, -0.2) is 17.2 Å². The Hall–Kier alpha value is -1.81. The first kappa shape index (κ1) is 15.6. The van der Waals surface area contributed by atoms with Gasteiger partial charge in [-0.3, -0.25) is 0 Å². The first-order valence-corrected chi connectivity index (χ1v) is 8.01. The fourth-order valence-electron chi connectivity index (χ4n) is 2.10. The third-order valence-electron chi connectivity index (χ3n) is 3.29. The van der Waals surface area contributed by atoms with Crippen LogP contribution in [0.3, 0.4) is 0 Å². The van der Waals surface area contributed by atoms with Crippen molar-refractivity contribution in [3.05, 3.63) is 52.2 Å². The van der Waals surface area contributed by atoms with Crippen LogP contribution in [0.15, 0.2) is 41.8 Å². The van der Waals surface area contributed by atoms with Gasteiger partial charge in [0, 0.05) is 4.88 Å². The van der Waals surface area contributed by atoms with Gasteiger partial charge in [-0.05, 0) is 56.2 Å². The largest absolute Gasteiger partial charge is 0.479 e. The summed E-state index contributed by atoms with van der Waals surface area (Å²) < 4.78 is 5.57. The predicted octanol–water partition coefficient (Wildman–Crippen LogP) is 4.30. The van der Waals surface area contributed by atoms with Crippen molar-refractivity contribution < 1.29 is 14.6 Å². The molecule has 2 rings (SSSR count). The van der Waals surface area contributed by atoms with Gasteiger partial charge in [0.1, 0.15) is 5.75 Å². The molecule has 0 radical (unpaired) electrons. The zero-order valence-corrected chi connectivity index (χ0v) is 12.9. The number of unbranched alkanes of at least 4 members (excludes halogenated alkanes) is 1. The van der Waals surface area contributed by atoms with Crippen LogP contribution in [0, 0.1) is 6.92 Å². The van der Waals surface area contributed by atoms with Crippen molar-refractivity contribution >= 4 is 17.3 Å². The van der Waals surface area contributed by atoms with Crippen LogP contribution in [0.5, 0.6) is 5.75 Å². The van der Waals surface area contributed by atoms with Crippen LogP contribution in [0.4, 0.5) is 0 Å². The molecular formula is C17H20O3S. The van der Waals surface area contributed by atoms with Crippen molar-refractivity contribution in [2.75, 3.05) is 0 Å². The number of hydrogen-bond donors (Lipinski definition) is 1. The number of thiophene rings is 1. The lowest BCUT2D eigenvalue weighted by Gasteiger charge is -2.15. The van der Waals surface area contributed by atoms with E-state index in [1.807, 2.05) is 37.3 Å². The summed E-state index contributed by atoms with van der Waals surface area (Å²) in [4.78, 5) is 12.6. The Morgan fingerprint density at radius 2 is 2.00 bits per heavy atom. The lowest BCUT2D eigenvalue weighted by molar-refractivity contribution is -0.145. The van der Waals surface area contributed by atoms with Gasteiger partial charge < -0.3 is 9.84 Å². The Morgan fingerprint density at radius 3 is 2.62 bits per heavy atom. The molecule has 1 aromatic heterocycles. The van der Waals surface area contributed by atoms with E-state index in [9.17, 15) is 9.90 Å². The van der Waals surface area contributed by atoms with E-state index in [0.29, 0.717) is 12.2 Å². The van der Waals surface area contributed by atoms with Gasteiger partial charge in [0.25, 0.3) is 0 Å². The highest BCUT2D eigenvalue weighted by Gasteiger charge is 2.18. The van der Waals surface area contributed by atoms with Crippen molar-refractivity contribution in [2.24, 2.45) is 0 Å². The Labute approximate surface area is 129 Å². The minimum absolute atomic E-state index is 0.536. The molecule has 1 atom stereocenters. The summed E-state index contributed by atoms with van der Waals surface area (Å²) in [6.07, 6.45) is 2.61. The Kier molecular flexibility index (Phi) is 5.81. The fraction of sp³-hybridized carbons (Fsp3) is 0.353. The highest BCUT2D eigenvalue weighted by molar-refractivity contribution is 7.09. The van der Waals surface area contributed by atoms with Gasteiger partial charge in [0.2, 0.25) is 0 Å². The SMILES string of the molecule is Cc1ccc(OC(CCCCc2cccs2)C(=O)O)cc1. The number of aliphatic carboxylic acids is 1. The summed E-state index contributed by atoms with van der Waals surface area (Å²) in [5.41, 5.74) is 1.13. The number of rotatable bonds is 8. The van der Waals surface area contributed by atoms with Crippen LogP contribution < -0.4 is 4.74 Å². The monoisotopic (exact) mass is 304 g/mol. The lowest BCUT2D eigenvalue weighted by Crippen LogP contribution is -2.26. The molecule has 0 spiro atoms. The van der Waals surface area contributed by atoms with Gasteiger partial charge in [-0.25, -0.2) is 4.79 Å². The van der Waals surface area contributed by atoms with E-state index in [1.54, 1.807) is 11.3 Å². The van der Waals surface area contributed by atoms with Gasteiger partial charge in [-0.1, -0.05) is 23.8 Å². The number of hydrogen-bond acceptors (Lipinski definition) is 3. The molecule has 112 valence electrons. The van der Waals surface area contributed by atoms with E-state index in [-0.39, 0.29) is 0 Å². The number of carbonyl (C=O) groups is 1. The topological polar surface area (TPSA) is 46.5 Å². The summed E-state index contributed by atoms with van der Waals surface area (Å²) >= 11 is 1.74. The van der Waals surface area contributed by atoms with Crippen LogP contribution in [0.2, 0.25) is 0 Å². The van der Waals surface area contributed by atoms with Gasteiger partial charge in [0.15, 0.2) is 6.10 Å². The standard InChI is InChI=1S/C17H20O3S/c1-13-8-10-14(11-9-13)20-16(17(18)19)7-3-2-5-15-6-4-12-21-15/h4,6,8-12,16H,2-3,5,7H2,1H3,(H,18,19). The smallest absolute Gasteiger partial charge is 0.344 e. The average Bonchev–Trinajstić information content (AvgIpc) is 2.97. The third kappa shape index (κ3) is 5.23. The Morgan fingerprint density at radius 1 is 1.24 bits per heavy atom. The summed E-state index contributed by atoms with van der Waals surface area (Å²) in [5, 5.41) is 11.3. The molecule has 1 heterocycles. The second-order valence-corrected chi connectivity index (χ2v) is 6.12. The molecule has 1 unspecified atom stereocenters. The van der Waals surface area contributed by atoms with Crippen molar-refractivity contribution in [1.82, 2.24) is 0 Å². The molecule has 0 saturated carbocycles. The van der Waals surface area contributed by atoms with E-state index < -0.39 is 12.1 Å². The van der Waals surface area contributed by atoms with E-state index in [4.69, 9.17) is 4.74 Å². The zero-order valence-electron chi connectivity index (χ0n) is 12.1. The van der Waals surface area contributed by atoms with Crippen LogP contribution in [-0.2, 0) is 11.2 Å². The number of carboxylic acid groups (broad SMARTS) is 1. The summed E-state index contributed by atoms with van der Waals surface area (Å²) in [5.74, 6) is -0.280. The second-order valence-electron chi connectivity index (χ2n) is 5.08. The molecule has 0 aliphatic rings. The maximum atomic E-state index is 11.3. The van der Waals surface area contributed by atoms with E-state index >= 15 is 0 Å². The molecule has 2 aromatic rings. The normalized spacial score (nSPS) is 12.0. The third-order valence-corrected chi connectivity index (χ3v) is 4.23. The lowest BCUT2D eigenvalue weighted by atomic mass is 10.1. The molecule has 3 nitrogen and oxygen atoms in total. The number of carboxylic acids is 1. The molecular weight excluding hydrogens is 284 g/mol. The maximum Gasteiger partial charge on any atom is 0.344 e. The molecule has 0 saturated heterocycles. The highest BCUT2D eigenvalue weighted by Crippen LogP contribution is 2.17. The van der Waals surface area contributed by atoms with Crippen molar-refractivity contribution in [2.45, 2.75) is 38.7 Å². The van der Waals surface area contributed by atoms with Gasteiger partial charge >= 0.3 is 5.97 Å². The minimum atomic E-state index is -0.897. The summed E-state index contributed by atoms with van der Waals surface area (Å²) in [7, 11) is 0. The van der Waals surface area contributed by atoms with E-state index in [0.717, 1.165) is 24.8 Å². The summed E-state index contributed by atoms with van der Waals surface area (Å²) in [6, 6.07) is 11.6. The number of ether oxygens (including phenoxy) is 1. The van der Waals surface area contributed by atoms with E-state index in [1.165, 1.54) is 4.88 Å². The molecule has 21 heavy (non-hydrogen) atoms. The Balaban J connectivity index is 1.79. The van der Waals surface area contributed by atoms with Crippen LogP contribution in [0.1, 0.15) is 29.7 Å². The maximum absolute atomic E-state index is 11.3. The average molecular weight is 304 g/mol. The zero-order chi connectivity index (χ0) is 15.1. The first-order valence-electron chi connectivity index (χ1n) is 7.13. The number of benzene rings is 1. The molecule has 1 N–H and O–H groups in total. The van der Waals surface area contributed by atoms with Crippen molar-refractivity contribution in [3.8, 4) is 5.75 Å². The van der Waals surface area contributed by atoms with Crippen molar-refractivity contribution in [3.63, 3.8) is 0 Å². The Bertz CT molecular complexity index is 546. The van der Waals surface area contributed by atoms with Crippen molar-refractivity contribution in [1.29, 1.82) is 0 Å².